The van der Waals surface area contributed by atoms with Crippen molar-refractivity contribution < 1.29 is 4.52 Å². The van der Waals surface area contributed by atoms with Crippen molar-refractivity contribution in [1.82, 2.24) is 25.3 Å². The summed E-state index contributed by atoms with van der Waals surface area (Å²) in [4.78, 5) is 9.14. The molecule has 0 aliphatic heterocycles. The second-order valence-electron chi connectivity index (χ2n) is 5.31. The summed E-state index contributed by atoms with van der Waals surface area (Å²) in [6, 6.07) is 9.86. The van der Waals surface area contributed by atoms with E-state index in [4.69, 9.17) is 4.52 Å². The average molecular weight is 306 g/mol. The fourth-order valence-corrected chi connectivity index (χ4v) is 2.41. The molecule has 0 unspecified atom stereocenters. The topological polar surface area (TPSA) is 92.5 Å². The molecule has 23 heavy (non-hydrogen) atoms. The van der Waals surface area contributed by atoms with Crippen molar-refractivity contribution in [2.24, 2.45) is 0 Å². The molecule has 4 aromatic rings. The molecule has 0 atom stereocenters. The Morgan fingerprint density at radius 1 is 1.13 bits per heavy atom. The van der Waals surface area contributed by atoms with Crippen LogP contribution in [0.15, 0.2) is 41.1 Å². The molecule has 3 aromatic heterocycles. The third-order valence-corrected chi connectivity index (χ3v) is 3.55. The second-order valence-corrected chi connectivity index (χ2v) is 5.31. The van der Waals surface area contributed by atoms with E-state index in [-0.39, 0.29) is 0 Å². The predicted octanol–water partition coefficient (Wildman–Crippen LogP) is 3.37. The lowest BCUT2D eigenvalue weighted by Crippen LogP contribution is -1.99. The molecule has 0 saturated heterocycles. The maximum Gasteiger partial charge on any atom is 0.227 e. The minimum atomic E-state index is 0.503. The molecule has 114 valence electrons. The van der Waals surface area contributed by atoms with Crippen LogP contribution in [0.1, 0.15) is 11.3 Å². The first-order valence-electron chi connectivity index (χ1n) is 7.18. The number of benzene rings is 1. The van der Waals surface area contributed by atoms with E-state index in [1.807, 2.05) is 44.2 Å². The Balaban J connectivity index is 1.86. The first-order chi connectivity index (χ1) is 11.2. The Bertz CT molecular complexity index is 987. The highest BCUT2D eigenvalue weighted by Gasteiger charge is 2.15. The number of H-pyrrole nitrogens is 1. The second kappa shape index (κ2) is 5.20. The van der Waals surface area contributed by atoms with Gasteiger partial charge in [-0.15, -0.1) is 0 Å². The van der Waals surface area contributed by atoms with Gasteiger partial charge in [-0.3, -0.25) is 5.10 Å². The van der Waals surface area contributed by atoms with Crippen LogP contribution in [0.25, 0.3) is 22.5 Å². The lowest BCUT2D eigenvalue weighted by molar-refractivity contribution is 0.456. The summed E-state index contributed by atoms with van der Waals surface area (Å²) in [6.07, 6.45) is 1.58. The molecule has 0 aliphatic carbocycles. The first kappa shape index (κ1) is 13.4. The van der Waals surface area contributed by atoms with Crippen LogP contribution in [0.2, 0.25) is 0 Å². The summed E-state index contributed by atoms with van der Waals surface area (Å²) in [7, 11) is 0. The normalized spacial score (nSPS) is 11.0. The Kier molecular flexibility index (Phi) is 3.04. The van der Waals surface area contributed by atoms with Gasteiger partial charge in [0.1, 0.15) is 5.52 Å². The summed E-state index contributed by atoms with van der Waals surface area (Å²) in [6.45, 7) is 3.96. The number of anilines is 2. The maximum atomic E-state index is 5.27. The van der Waals surface area contributed by atoms with Crippen LogP contribution in [-0.4, -0.2) is 25.3 Å². The van der Waals surface area contributed by atoms with Crippen molar-refractivity contribution in [1.29, 1.82) is 0 Å². The number of aromatic amines is 1. The van der Waals surface area contributed by atoms with Crippen molar-refractivity contribution >= 4 is 22.7 Å². The fraction of sp³-hybridized carbons (Fsp3) is 0.125. The van der Waals surface area contributed by atoms with Crippen LogP contribution >= 0.6 is 0 Å². The number of hydrogen-bond donors (Lipinski definition) is 2. The molecule has 7 heteroatoms. The van der Waals surface area contributed by atoms with Crippen LogP contribution in [0.3, 0.4) is 0 Å². The van der Waals surface area contributed by atoms with Gasteiger partial charge in [0.05, 0.1) is 6.20 Å². The predicted molar refractivity (Wildman–Crippen MR) is 86.4 cm³/mol. The molecular weight excluding hydrogens is 292 g/mol. The Labute approximate surface area is 131 Å². The Morgan fingerprint density at radius 2 is 2.00 bits per heavy atom. The smallest absolute Gasteiger partial charge is 0.227 e. The van der Waals surface area contributed by atoms with Gasteiger partial charge in [-0.05, 0) is 19.4 Å². The molecule has 1 aromatic carbocycles. The molecule has 2 N–H and O–H groups in total. The van der Waals surface area contributed by atoms with Crippen LogP contribution in [0, 0.1) is 13.8 Å². The summed E-state index contributed by atoms with van der Waals surface area (Å²) >= 11 is 0. The largest absolute Gasteiger partial charge is 0.351 e. The van der Waals surface area contributed by atoms with Gasteiger partial charge in [0.25, 0.3) is 0 Å². The summed E-state index contributed by atoms with van der Waals surface area (Å²) in [5.74, 6) is 1.82. The molecule has 0 spiro atoms. The third-order valence-electron chi connectivity index (χ3n) is 3.55. The number of hydrogen-bond acceptors (Lipinski definition) is 6. The lowest BCUT2D eigenvalue weighted by atomic mass is 10.1. The van der Waals surface area contributed by atoms with Gasteiger partial charge >= 0.3 is 0 Å². The molecule has 0 fully saturated rings. The number of aryl methyl sites for hydroxylation is 2. The van der Waals surface area contributed by atoms with E-state index in [2.05, 4.69) is 30.6 Å². The molecule has 0 amide bonds. The van der Waals surface area contributed by atoms with Crippen molar-refractivity contribution in [2.75, 3.05) is 5.32 Å². The third kappa shape index (κ3) is 2.42. The summed E-state index contributed by atoms with van der Waals surface area (Å²) in [5.41, 5.74) is 4.17. The van der Waals surface area contributed by atoms with Gasteiger partial charge in [0, 0.05) is 17.3 Å². The van der Waals surface area contributed by atoms with Gasteiger partial charge in [0.2, 0.25) is 5.58 Å². The molecule has 3 heterocycles. The molecule has 0 bridgehead atoms. The van der Waals surface area contributed by atoms with Crippen molar-refractivity contribution in [2.45, 2.75) is 13.8 Å². The molecule has 0 aliphatic rings. The number of nitrogens with zero attached hydrogens (tertiary/aromatic N) is 4. The SMILES string of the molecule is Cc1cc(Nc2nc(-c3ccccc3C)nc3cnoc23)n[nH]1. The average Bonchev–Trinajstić information content (AvgIpc) is 3.16. The lowest BCUT2D eigenvalue weighted by Gasteiger charge is -2.07. The first-order valence-corrected chi connectivity index (χ1v) is 7.18. The quantitative estimate of drug-likeness (QED) is 0.603. The zero-order chi connectivity index (χ0) is 15.8. The highest BCUT2D eigenvalue weighted by molar-refractivity contribution is 5.86. The summed E-state index contributed by atoms with van der Waals surface area (Å²) < 4.78 is 5.27. The molecule has 0 radical (unpaired) electrons. The number of aromatic nitrogens is 5. The Hall–Kier alpha value is -3.22. The van der Waals surface area contributed by atoms with Crippen LogP contribution in [0.4, 0.5) is 11.6 Å². The Morgan fingerprint density at radius 3 is 2.78 bits per heavy atom. The van der Waals surface area contributed by atoms with E-state index in [1.165, 1.54) is 0 Å². The van der Waals surface area contributed by atoms with Gasteiger partial charge in [-0.1, -0.05) is 29.4 Å². The molecule has 0 saturated carbocycles. The molecule has 7 nitrogen and oxygen atoms in total. The van der Waals surface area contributed by atoms with E-state index >= 15 is 0 Å². The van der Waals surface area contributed by atoms with E-state index in [9.17, 15) is 0 Å². The van der Waals surface area contributed by atoms with E-state index in [0.717, 1.165) is 16.8 Å². The number of fused-ring (bicyclic) bond motifs is 1. The number of rotatable bonds is 3. The van der Waals surface area contributed by atoms with Gasteiger partial charge in [-0.25, -0.2) is 9.97 Å². The zero-order valence-corrected chi connectivity index (χ0v) is 12.7. The molecule has 4 rings (SSSR count). The number of nitrogens with one attached hydrogen (secondary N) is 2. The minimum Gasteiger partial charge on any atom is -0.351 e. The zero-order valence-electron chi connectivity index (χ0n) is 12.7. The van der Waals surface area contributed by atoms with Crippen LogP contribution < -0.4 is 5.32 Å². The highest BCUT2D eigenvalue weighted by Crippen LogP contribution is 2.28. The van der Waals surface area contributed by atoms with E-state index in [0.29, 0.717) is 28.6 Å². The van der Waals surface area contributed by atoms with Crippen molar-refractivity contribution in [3.63, 3.8) is 0 Å². The van der Waals surface area contributed by atoms with Gasteiger partial charge < -0.3 is 9.84 Å². The monoisotopic (exact) mass is 306 g/mol. The fourth-order valence-electron chi connectivity index (χ4n) is 2.41. The van der Waals surface area contributed by atoms with E-state index < -0.39 is 0 Å². The van der Waals surface area contributed by atoms with Crippen LogP contribution in [-0.2, 0) is 0 Å². The van der Waals surface area contributed by atoms with E-state index in [1.54, 1.807) is 6.20 Å². The van der Waals surface area contributed by atoms with Crippen LogP contribution in [0.5, 0.6) is 0 Å². The van der Waals surface area contributed by atoms with Crippen molar-refractivity contribution in [3.8, 4) is 11.4 Å². The standard InChI is InChI=1S/C16H14N6O/c1-9-5-3-4-6-11(9)15-18-12-8-17-23-14(12)16(20-15)19-13-7-10(2)21-22-13/h3-8H,1-2H3,(H2,18,19,20,21,22). The van der Waals surface area contributed by atoms with Gasteiger partial charge in [-0.2, -0.15) is 5.10 Å². The maximum absolute atomic E-state index is 5.27. The minimum absolute atomic E-state index is 0.503. The molecular formula is C16H14N6O. The highest BCUT2D eigenvalue weighted by atomic mass is 16.5. The van der Waals surface area contributed by atoms with Crippen molar-refractivity contribution in [3.05, 3.63) is 47.8 Å². The van der Waals surface area contributed by atoms with Gasteiger partial charge in [0.15, 0.2) is 17.5 Å². The summed E-state index contributed by atoms with van der Waals surface area (Å²) in [5, 5.41) is 14.0.